The van der Waals surface area contributed by atoms with Crippen molar-refractivity contribution in [2.24, 2.45) is 0 Å². The van der Waals surface area contributed by atoms with E-state index in [1.807, 2.05) is 6.07 Å². The average Bonchev–Trinajstić information content (AvgIpc) is 2.42. The van der Waals surface area contributed by atoms with Gasteiger partial charge in [0, 0.05) is 5.69 Å². The molecule has 0 fully saturated rings. The fraction of sp³-hybridized carbons (Fsp3) is 0. The number of carbonyl (C=O) groups is 1. The van der Waals surface area contributed by atoms with Crippen molar-refractivity contribution in [3.05, 3.63) is 54.1 Å². The largest absolute Gasteiger partial charge is 0.397 e. The lowest BCUT2D eigenvalue weighted by Crippen LogP contribution is -2.20. The number of nitrogen functional groups attached to an aromatic ring is 1. The molecule has 2 aromatic rings. The van der Waals surface area contributed by atoms with E-state index in [9.17, 15) is 4.79 Å². The van der Waals surface area contributed by atoms with Gasteiger partial charge in [0.15, 0.2) is 0 Å². The van der Waals surface area contributed by atoms with Crippen LogP contribution in [-0.4, -0.2) is 6.03 Å². The first-order valence-electron chi connectivity index (χ1n) is 5.62. The van der Waals surface area contributed by atoms with E-state index >= 15 is 0 Å². The molecule has 0 bridgehead atoms. The third kappa shape index (κ3) is 3.23. The zero-order valence-electron chi connectivity index (χ0n) is 10.1. The fourth-order valence-corrected chi connectivity index (χ4v) is 1.52. The van der Waals surface area contributed by atoms with E-state index < -0.39 is 0 Å². The second-order valence-electron chi connectivity index (χ2n) is 3.86. The maximum atomic E-state index is 11.7. The highest BCUT2D eigenvalue weighted by Crippen LogP contribution is 2.17. The van der Waals surface area contributed by atoms with Gasteiger partial charge in [-0.25, -0.2) is 4.79 Å². The topological polar surface area (TPSA) is 90.9 Å². The molecule has 0 aliphatic heterocycles. The highest BCUT2D eigenvalue weighted by Gasteiger charge is 2.04. The molecule has 5 heteroatoms. The minimum absolute atomic E-state index is 0.386. The summed E-state index contributed by atoms with van der Waals surface area (Å²) in [6.45, 7) is 0. The monoisotopic (exact) mass is 252 g/mol. The number of hydrogen-bond acceptors (Lipinski definition) is 3. The minimum Gasteiger partial charge on any atom is -0.397 e. The molecular weight excluding hydrogens is 240 g/mol. The van der Waals surface area contributed by atoms with Gasteiger partial charge < -0.3 is 16.4 Å². The molecule has 4 N–H and O–H groups in total. The number of nitrogens with zero attached hydrogens (tertiary/aromatic N) is 1. The van der Waals surface area contributed by atoms with Crippen molar-refractivity contribution in [1.82, 2.24) is 0 Å². The molecule has 0 unspecified atom stereocenters. The van der Waals surface area contributed by atoms with E-state index in [1.54, 1.807) is 48.5 Å². The van der Waals surface area contributed by atoms with Crippen LogP contribution >= 0.6 is 0 Å². The molecule has 94 valence electrons. The summed E-state index contributed by atoms with van der Waals surface area (Å²) in [6, 6.07) is 15.2. The third-order valence-corrected chi connectivity index (χ3v) is 2.48. The fourth-order valence-electron chi connectivity index (χ4n) is 1.52. The van der Waals surface area contributed by atoms with E-state index in [4.69, 9.17) is 11.0 Å². The van der Waals surface area contributed by atoms with Crippen LogP contribution in [-0.2, 0) is 0 Å². The van der Waals surface area contributed by atoms with Gasteiger partial charge in [0.05, 0.1) is 23.0 Å². The molecule has 0 saturated carbocycles. The van der Waals surface area contributed by atoms with Crippen molar-refractivity contribution < 1.29 is 4.79 Å². The van der Waals surface area contributed by atoms with Gasteiger partial charge in [-0.3, -0.25) is 0 Å². The van der Waals surface area contributed by atoms with Crippen LogP contribution in [0.25, 0.3) is 0 Å². The second kappa shape index (κ2) is 5.56. The number of nitriles is 1. The number of benzene rings is 2. The first kappa shape index (κ1) is 12.5. The average molecular weight is 252 g/mol. The summed E-state index contributed by atoms with van der Waals surface area (Å²) in [5, 5.41) is 14.0. The van der Waals surface area contributed by atoms with Crippen molar-refractivity contribution in [2.45, 2.75) is 0 Å². The van der Waals surface area contributed by atoms with Gasteiger partial charge in [-0.1, -0.05) is 12.1 Å². The van der Waals surface area contributed by atoms with E-state index in [-0.39, 0.29) is 6.03 Å². The number of hydrogen-bond donors (Lipinski definition) is 3. The van der Waals surface area contributed by atoms with Gasteiger partial charge in [0.1, 0.15) is 0 Å². The highest BCUT2D eigenvalue weighted by atomic mass is 16.2. The van der Waals surface area contributed by atoms with Crippen molar-refractivity contribution in [3.8, 4) is 6.07 Å². The van der Waals surface area contributed by atoms with Crippen LogP contribution in [0.4, 0.5) is 21.9 Å². The number of anilines is 3. The summed E-state index contributed by atoms with van der Waals surface area (Å²) in [4.78, 5) is 11.7. The summed E-state index contributed by atoms with van der Waals surface area (Å²) in [5.41, 5.74) is 7.91. The van der Waals surface area contributed by atoms with Crippen LogP contribution in [0, 0.1) is 11.3 Å². The van der Waals surface area contributed by atoms with Crippen LogP contribution in [0.3, 0.4) is 0 Å². The smallest absolute Gasteiger partial charge is 0.323 e. The molecule has 0 aliphatic carbocycles. The normalized spacial score (nSPS) is 9.42. The van der Waals surface area contributed by atoms with Crippen molar-refractivity contribution in [3.63, 3.8) is 0 Å². The highest BCUT2D eigenvalue weighted by molar-refractivity contribution is 6.01. The van der Waals surface area contributed by atoms with Gasteiger partial charge in [0.25, 0.3) is 0 Å². The van der Waals surface area contributed by atoms with Gasteiger partial charge >= 0.3 is 6.03 Å². The van der Waals surface area contributed by atoms with Gasteiger partial charge in [-0.2, -0.15) is 5.26 Å². The maximum Gasteiger partial charge on any atom is 0.323 e. The minimum atomic E-state index is -0.386. The molecule has 0 heterocycles. The maximum absolute atomic E-state index is 11.7. The number of para-hydroxylation sites is 2. The summed E-state index contributed by atoms with van der Waals surface area (Å²) in [5.74, 6) is 0. The number of rotatable bonds is 2. The van der Waals surface area contributed by atoms with Crippen LogP contribution in [0.5, 0.6) is 0 Å². The van der Waals surface area contributed by atoms with Crippen LogP contribution < -0.4 is 16.4 Å². The molecule has 19 heavy (non-hydrogen) atoms. The molecule has 2 rings (SSSR count). The van der Waals surface area contributed by atoms with Gasteiger partial charge in [-0.05, 0) is 36.4 Å². The number of urea groups is 1. The Labute approximate surface area is 110 Å². The van der Waals surface area contributed by atoms with Crippen molar-refractivity contribution >= 4 is 23.1 Å². The summed E-state index contributed by atoms with van der Waals surface area (Å²) in [6.07, 6.45) is 0. The Morgan fingerprint density at radius 1 is 1.05 bits per heavy atom. The third-order valence-electron chi connectivity index (χ3n) is 2.48. The Kier molecular flexibility index (Phi) is 3.64. The first-order valence-corrected chi connectivity index (χ1v) is 5.62. The molecule has 5 nitrogen and oxygen atoms in total. The number of nitrogens with one attached hydrogen (secondary N) is 2. The Balaban J connectivity index is 2.01. The molecule has 0 radical (unpaired) electrons. The predicted molar refractivity (Wildman–Crippen MR) is 74.7 cm³/mol. The first-order chi connectivity index (χ1) is 9.19. The van der Waals surface area contributed by atoms with Gasteiger partial charge in [0.2, 0.25) is 0 Å². The number of nitrogens with two attached hydrogens (primary N) is 1. The van der Waals surface area contributed by atoms with Crippen LogP contribution in [0.15, 0.2) is 48.5 Å². The van der Waals surface area contributed by atoms with E-state index in [1.165, 1.54) is 0 Å². The lowest BCUT2D eigenvalue weighted by atomic mass is 10.2. The summed E-state index contributed by atoms with van der Waals surface area (Å²) in [7, 11) is 0. The second-order valence-corrected chi connectivity index (χ2v) is 3.86. The Morgan fingerprint density at radius 3 is 2.37 bits per heavy atom. The summed E-state index contributed by atoms with van der Waals surface area (Å²) >= 11 is 0. The SMILES string of the molecule is N#Cc1ccc(NC(=O)Nc2ccccc2N)cc1. The standard InChI is InChI=1S/C14H12N4O/c15-9-10-5-7-11(8-6-10)17-14(19)18-13-4-2-1-3-12(13)16/h1-8H,16H2,(H2,17,18,19). The van der Waals surface area contributed by atoms with E-state index in [2.05, 4.69) is 10.6 Å². The van der Waals surface area contributed by atoms with E-state index in [0.717, 1.165) is 0 Å². The van der Waals surface area contributed by atoms with Crippen LogP contribution in [0.2, 0.25) is 0 Å². The number of amides is 2. The molecule has 0 aromatic heterocycles. The zero-order chi connectivity index (χ0) is 13.7. The molecule has 0 atom stereocenters. The Morgan fingerprint density at radius 2 is 1.74 bits per heavy atom. The lowest BCUT2D eigenvalue weighted by Gasteiger charge is -2.09. The molecule has 0 saturated heterocycles. The lowest BCUT2D eigenvalue weighted by molar-refractivity contribution is 0.262. The zero-order valence-corrected chi connectivity index (χ0v) is 10.1. The van der Waals surface area contributed by atoms with E-state index in [0.29, 0.717) is 22.6 Å². The van der Waals surface area contributed by atoms with Crippen molar-refractivity contribution in [2.75, 3.05) is 16.4 Å². The summed E-state index contributed by atoms with van der Waals surface area (Å²) < 4.78 is 0. The Bertz CT molecular complexity index is 629. The molecule has 2 aromatic carbocycles. The quantitative estimate of drug-likeness (QED) is 0.718. The van der Waals surface area contributed by atoms with Gasteiger partial charge in [-0.15, -0.1) is 0 Å². The van der Waals surface area contributed by atoms with Crippen LogP contribution in [0.1, 0.15) is 5.56 Å². The number of carbonyl (C=O) groups excluding carboxylic acids is 1. The molecule has 0 spiro atoms. The molecule has 0 aliphatic rings. The molecule has 2 amide bonds. The Hall–Kier alpha value is -3.00. The molecular formula is C14H12N4O. The predicted octanol–water partition coefficient (Wildman–Crippen LogP) is 2.78. The van der Waals surface area contributed by atoms with Crippen molar-refractivity contribution in [1.29, 1.82) is 5.26 Å².